The standard InChI is InChI=1S/C8H8O6S2/c9-15(10)7-3-1-2-4-8(7)16(11,12)14-6-5-13-15/h1-4H,5-6H2. The molecule has 16 heavy (non-hydrogen) atoms. The van der Waals surface area contributed by atoms with Crippen LogP contribution in [0.5, 0.6) is 0 Å². The van der Waals surface area contributed by atoms with Crippen molar-refractivity contribution in [3.63, 3.8) is 0 Å². The summed E-state index contributed by atoms with van der Waals surface area (Å²) in [5, 5.41) is 0. The lowest BCUT2D eigenvalue weighted by Gasteiger charge is -2.14. The Morgan fingerprint density at radius 1 is 0.812 bits per heavy atom. The van der Waals surface area contributed by atoms with Gasteiger partial charge < -0.3 is 0 Å². The van der Waals surface area contributed by atoms with E-state index < -0.39 is 30.0 Å². The highest BCUT2D eigenvalue weighted by atomic mass is 32.2. The second-order valence-electron chi connectivity index (χ2n) is 3.00. The highest BCUT2D eigenvalue weighted by molar-refractivity contribution is 7.90. The van der Waals surface area contributed by atoms with Gasteiger partial charge in [0, 0.05) is 0 Å². The van der Waals surface area contributed by atoms with Crippen molar-refractivity contribution in [1.29, 1.82) is 0 Å². The van der Waals surface area contributed by atoms with E-state index in [4.69, 9.17) is 0 Å². The van der Waals surface area contributed by atoms with Crippen LogP contribution in [0.15, 0.2) is 34.1 Å². The van der Waals surface area contributed by atoms with E-state index in [-0.39, 0.29) is 13.2 Å². The fourth-order valence-electron chi connectivity index (χ4n) is 1.28. The number of hydrogen-bond donors (Lipinski definition) is 0. The lowest BCUT2D eigenvalue weighted by molar-refractivity contribution is 0.219. The van der Waals surface area contributed by atoms with Gasteiger partial charge in [0.25, 0.3) is 20.2 Å². The Labute approximate surface area is 93.1 Å². The summed E-state index contributed by atoms with van der Waals surface area (Å²) in [4.78, 5) is -0.788. The van der Waals surface area contributed by atoms with Gasteiger partial charge >= 0.3 is 0 Å². The Morgan fingerprint density at radius 3 is 1.56 bits per heavy atom. The van der Waals surface area contributed by atoms with Gasteiger partial charge in [0.15, 0.2) is 0 Å². The summed E-state index contributed by atoms with van der Waals surface area (Å²) in [5.41, 5.74) is 0. The van der Waals surface area contributed by atoms with Crippen LogP contribution in [0.1, 0.15) is 0 Å². The zero-order chi connectivity index (χ0) is 11.8. The van der Waals surface area contributed by atoms with Gasteiger partial charge in [-0.15, -0.1) is 0 Å². The minimum Gasteiger partial charge on any atom is -0.264 e. The third-order valence-corrected chi connectivity index (χ3v) is 4.82. The Balaban J connectivity index is 2.77. The summed E-state index contributed by atoms with van der Waals surface area (Å²) < 4.78 is 55.5. The SMILES string of the molecule is O=S1(=O)OCCOS(=O)(=O)c2ccccc21. The molecule has 8 heteroatoms. The maximum absolute atomic E-state index is 11.6. The summed E-state index contributed by atoms with van der Waals surface area (Å²) in [6.45, 7) is -0.647. The third-order valence-electron chi connectivity index (χ3n) is 1.95. The molecule has 0 aromatic heterocycles. The molecule has 1 heterocycles. The largest absolute Gasteiger partial charge is 0.298 e. The van der Waals surface area contributed by atoms with E-state index in [0.29, 0.717) is 0 Å². The first kappa shape index (κ1) is 11.5. The lowest BCUT2D eigenvalue weighted by atomic mass is 10.4. The van der Waals surface area contributed by atoms with Crippen molar-refractivity contribution in [2.45, 2.75) is 9.79 Å². The van der Waals surface area contributed by atoms with E-state index in [9.17, 15) is 16.8 Å². The third kappa shape index (κ3) is 1.96. The van der Waals surface area contributed by atoms with Crippen molar-refractivity contribution in [2.75, 3.05) is 13.2 Å². The normalized spacial score (nSPS) is 22.8. The number of benzene rings is 1. The van der Waals surface area contributed by atoms with E-state index in [1.165, 1.54) is 12.1 Å². The van der Waals surface area contributed by atoms with Crippen molar-refractivity contribution >= 4 is 20.2 Å². The minimum atomic E-state index is -4.03. The van der Waals surface area contributed by atoms with Gasteiger partial charge in [0.05, 0.1) is 13.2 Å². The molecular weight excluding hydrogens is 256 g/mol. The molecule has 0 amide bonds. The van der Waals surface area contributed by atoms with Gasteiger partial charge in [-0.25, -0.2) is 0 Å². The van der Waals surface area contributed by atoms with Crippen LogP contribution in [0.25, 0.3) is 0 Å². The summed E-state index contributed by atoms with van der Waals surface area (Å²) in [6.07, 6.45) is 0. The van der Waals surface area contributed by atoms with Crippen LogP contribution >= 0.6 is 0 Å². The molecule has 0 bridgehead atoms. The topological polar surface area (TPSA) is 86.7 Å². The lowest BCUT2D eigenvalue weighted by Crippen LogP contribution is -2.21. The summed E-state index contributed by atoms with van der Waals surface area (Å²) in [5.74, 6) is 0. The quantitative estimate of drug-likeness (QED) is 0.618. The molecule has 1 aliphatic rings. The van der Waals surface area contributed by atoms with Crippen molar-refractivity contribution < 1.29 is 25.2 Å². The fourth-order valence-corrected chi connectivity index (χ4v) is 3.84. The first-order valence-corrected chi connectivity index (χ1v) is 7.13. The average Bonchev–Trinajstić information content (AvgIpc) is 2.24. The van der Waals surface area contributed by atoms with Crippen molar-refractivity contribution in [3.05, 3.63) is 24.3 Å². The Kier molecular flexibility index (Phi) is 2.74. The number of fused-ring (bicyclic) bond motifs is 1. The molecule has 0 radical (unpaired) electrons. The Hall–Kier alpha value is -0.960. The van der Waals surface area contributed by atoms with E-state index in [2.05, 4.69) is 8.37 Å². The molecule has 1 aromatic carbocycles. The van der Waals surface area contributed by atoms with Crippen LogP contribution < -0.4 is 0 Å². The summed E-state index contributed by atoms with van der Waals surface area (Å²) >= 11 is 0. The highest BCUT2D eigenvalue weighted by Crippen LogP contribution is 2.25. The van der Waals surface area contributed by atoms with Gasteiger partial charge in [-0.1, -0.05) is 12.1 Å². The molecule has 2 rings (SSSR count). The van der Waals surface area contributed by atoms with E-state index >= 15 is 0 Å². The van der Waals surface area contributed by atoms with E-state index in [1.54, 1.807) is 0 Å². The van der Waals surface area contributed by atoms with Crippen molar-refractivity contribution in [2.24, 2.45) is 0 Å². The maximum Gasteiger partial charge on any atom is 0.298 e. The smallest absolute Gasteiger partial charge is 0.264 e. The second-order valence-corrected chi connectivity index (χ2v) is 6.17. The first-order valence-electron chi connectivity index (χ1n) is 4.31. The van der Waals surface area contributed by atoms with Crippen LogP contribution in [0.4, 0.5) is 0 Å². The van der Waals surface area contributed by atoms with Crippen LogP contribution in [-0.4, -0.2) is 30.0 Å². The van der Waals surface area contributed by atoms with E-state index in [0.717, 1.165) is 12.1 Å². The second kappa shape index (κ2) is 3.81. The first-order chi connectivity index (χ1) is 7.43. The molecule has 0 spiro atoms. The molecule has 6 nitrogen and oxygen atoms in total. The number of rotatable bonds is 0. The predicted molar refractivity (Wildman–Crippen MR) is 52.7 cm³/mol. The highest BCUT2D eigenvalue weighted by Gasteiger charge is 2.29. The van der Waals surface area contributed by atoms with Gasteiger partial charge in [-0.3, -0.25) is 8.37 Å². The van der Waals surface area contributed by atoms with Crippen LogP contribution in [0.3, 0.4) is 0 Å². The van der Waals surface area contributed by atoms with Crippen molar-refractivity contribution in [3.8, 4) is 0 Å². The molecule has 0 unspecified atom stereocenters. The maximum atomic E-state index is 11.6. The van der Waals surface area contributed by atoms with Gasteiger partial charge in [0.2, 0.25) is 0 Å². The van der Waals surface area contributed by atoms with Gasteiger partial charge in [-0.2, -0.15) is 16.8 Å². The molecule has 88 valence electrons. The number of hydrogen-bond acceptors (Lipinski definition) is 6. The van der Waals surface area contributed by atoms with Gasteiger partial charge in [0.1, 0.15) is 9.79 Å². The molecule has 0 fully saturated rings. The fraction of sp³-hybridized carbons (Fsp3) is 0.250. The molecule has 0 saturated carbocycles. The zero-order valence-electron chi connectivity index (χ0n) is 7.99. The Morgan fingerprint density at radius 2 is 1.19 bits per heavy atom. The zero-order valence-corrected chi connectivity index (χ0v) is 9.62. The molecule has 0 aliphatic carbocycles. The molecule has 0 atom stereocenters. The summed E-state index contributed by atoms with van der Waals surface area (Å²) in [7, 11) is -8.06. The Bertz CT molecular complexity index is 546. The average molecular weight is 264 g/mol. The molecule has 0 saturated heterocycles. The van der Waals surface area contributed by atoms with Crippen LogP contribution in [0, 0.1) is 0 Å². The van der Waals surface area contributed by atoms with Crippen molar-refractivity contribution in [1.82, 2.24) is 0 Å². The molecular formula is C8H8O6S2. The van der Waals surface area contributed by atoms with E-state index in [1.807, 2.05) is 0 Å². The van der Waals surface area contributed by atoms with Crippen LogP contribution in [-0.2, 0) is 28.6 Å². The minimum absolute atomic E-state index is 0.324. The predicted octanol–water partition coefficient (Wildman–Crippen LogP) is 0.111. The molecule has 1 aliphatic heterocycles. The van der Waals surface area contributed by atoms with Crippen LogP contribution in [0.2, 0.25) is 0 Å². The monoisotopic (exact) mass is 264 g/mol. The molecule has 0 N–H and O–H groups in total. The van der Waals surface area contributed by atoms with Gasteiger partial charge in [-0.05, 0) is 12.1 Å². The molecule has 1 aromatic rings. The summed E-state index contributed by atoms with van der Waals surface area (Å²) in [6, 6.07) is 5.15.